The molecule has 0 aliphatic carbocycles. The van der Waals surface area contributed by atoms with Crippen LogP contribution in [0.4, 0.5) is 0 Å². The van der Waals surface area contributed by atoms with Crippen LogP contribution in [0, 0.1) is 4.91 Å². The Labute approximate surface area is 150 Å². The summed E-state index contributed by atoms with van der Waals surface area (Å²) >= 11 is 0. The molecule has 0 radical (unpaired) electrons. The highest BCUT2D eigenvalue weighted by Crippen LogP contribution is 2.22. The molecular formula is C20H19N3O3. The van der Waals surface area contributed by atoms with E-state index in [1.807, 2.05) is 42.5 Å². The van der Waals surface area contributed by atoms with Gasteiger partial charge in [0.05, 0.1) is 11.4 Å². The van der Waals surface area contributed by atoms with Crippen LogP contribution in [0.2, 0.25) is 0 Å². The van der Waals surface area contributed by atoms with Crippen molar-refractivity contribution in [1.29, 1.82) is 0 Å². The van der Waals surface area contributed by atoms with Gasteiger partial charge in [0.2, 0.25) is 5.88 Å². The molecule has 0 amide bonds. The molecule has 3 rings (SSSR count). The Morgan fingerprint density at radius 1 is 1.15 bits per heavy atom. The molecule has 0 saturated carbocycles. The van der Waals surface area contributed by atoms with Crippen molar-refractivity contribution in [2.24, 2.45) is 5.18 Å². The third kappa shape index (κ3) is 3.64. The first-order chi connectivity index (χ1) is 12.6. The summed E-state index contributed by atoms with van der Waals surface area (Å²) < 4.78 is 1.20. The molecule has 1 aromatic heterocycles. The van der Waals surface area contributed by atoms with Gasteiger partial charge in [0.15, 0.2) is 0 Å². The van der Waals surface area contributed by atoms with Gasteiger partial charge in [-0.05, 0) is 30.2 Å². The Kier molecular flexibility index (Phi) is 5.12. The number of hydrogen-bond donors (Lipinski definition) is 2. The summed E-state index contributed by atoms with van der Waals surface area (Å²) in [6, 6.07) is 16.1. The summed E-state index contributed by atoms with van der Waals surface area (Å²) in [6.07, 6.45) is 4.20. The lowest BCUT2D eigenvalue weighted by Crippen LogP contribution is -2.14. The van der Waals surface area contributed by atoms with Crippen LogP contribution in [-0.4, -0.2) is 14.7 Å². The molecule has 1 heterocycles. The third-order valence-corrected chi connectivity index (χ3v) is 4.17. The normalized spacial score (nSPS) is 12.3. The van der Waals surface area contributed by atoms with Crippen molar-refractivity contribution in [3.63, 3.8) is 0 Å². The highest BCUT2D eigenvalue weighted by atomic mass is 16.3. The predicted octanol–water partition coefficient (Wildman–Crippen LogP) is 3.95. The van der Waals surface area contributed by atoms with Gasteiger partial charge in [-0.2, -0.15) is 4.91 Å². The second-order valence-corrected chi connectivity index (χ2v) is 5.96. The predicted molar refractivity (Wildman–Crippen MR) is 101 cm³/mol. The van der Waals surface area contributed by atoms with Gasteiger partial charge in [-0.15, -0.1) is 0 Å². The quantitative estimate of drug-likeness (QED) is 0.660. The summed E-state index contributed by atoms with van der Waals surface area (Å²) in [5.41, 5.74) is 2.33. The molecule has 132 valence electrons. The SMILES string of the molecule is CC(N=O)c1ccc(-n2c(O)c(CC=Cc3ccccc3)[nH]c2=O)cc1. The first-order valence-corrected chi connectivity index (χ1v) is 8.27. The largest absolute Gasteiger partial charge is 0.493 e. The number of hydrogen-bond acceptors (Lipinski definition) is 4. The van der Waals surface area contributed by atoms with Crippen molar-refractivity contribution < 1.29 is 5.11 Å². The molecule has 2 aromatic carbocycles. The molecule has 2 N–H and O–H groups in total. The van der Waals surface area contributed by atoms with E-state index in [1.165, 1.54) is 4.57 Å². The van der Waals surface area contributed by atoms with Crippen LogP contribution < -0.4 is 5.69 Å². The maximum absolute atomic E-state index is 12.2. The van der Waals surface area contributed by atoms with Crippen LogP contribution in [0.5, 0.6) is 5.88 Å². The molecule has 0 fully saturated rings. The van der Waals surface area contributed by atoms with Crippen molar-refractivity contribution in [1.82, 2.24) is 9.55 Å². The summed E-state index contributed by atoms with van der Waals surface area (Å²) in [6.45, 7) is 1.69. The fourth-order valence-corrected chi connectivity index (χ4v) is 2.69. The lowest BCUT2D eigenvalue weighted by molar-refractivity contribution is 0.435. The Bertz CT molecular complexity index is 970. The van der Waals surface area contributed by atoms with Crippen LogP contribution >= 0.6 is 0 Å². The molecule has 0 spiro atoms. The van der Waals surface area contributed by atoms with Crippen molar-refractivity contribution in [3.8, 4) is 11.6 Å². The van der Waals surface area contributed by atoms with Gasteiger partial charge in [0.25, 0.3) is 0 Å². The van der Waals surface area contributed by atoms with E-state index in [2.05, 4.69) is 10.2 Å². The molecule has 0 saturated heterocycles. The molecule has 0 aliphatic heterocycles. The average Bonchev–Trinajstić information content (AvgIpc) is 2.95. The van der Waals surface area contributed by atoms with E-state index in [0.29, 0.717) is 17.8 Å². The fourth-order valence-electron chi connectivity index (χ4n) is 2.69. The number of allylic oxidation sites excluding steroid dienone is 1. The van der Waals surface area contributed by atoms with E-state index in [-0.39, 0.29) is 5.88 Å². The van der Waals surface area contributed by atoms with Crippen LogP contribution in [0.3, 0.4) is 0 Å². The summed E-state index contributed by atoms with van der Waals surface area (Å²) in [4.78, 5) is 25.5. The number of benzene rings is 2. The van der Waals surface area contributed by atoms with Crippen LogP contribution in [-0.2, 0) is 6.42 Å². The maximum atomic E-state index is 12.2. The van der Waals surface area contributed by atoms with Gasteiger partial charge >= 0.3 is 5.69 Å². The minimum Gasteiger partial charge on any atom is -0.493 e. The zero-order valence-corrected chi connectivity index (χ0v) is 14.3. The first-order valence-electron chi connectivity index (χ1n) is 8.27. The topological polar surface area (TPSA) is 87.4 Å². The monoisotopic (exact) mass is 349 g/mol. The fraction of sp³-hybridized carbons (Fsp3) is 0.150. The Morgan fingerprint density at radius 3 is 2.50 bits per heavy atom. The molecule has 6 nitrogen and oxygen atoms in total. The summed E-state index contributed by atoms with van der Waals surface area (Å²) in [7, 11) is 0. The molecule has 0 bridgehead atoms. The minimum atomic E-state index is -0.459. The number of imidazole rings is 1. The number of rotatable bonds is 6. The highest BCUT2D eigenvalue weighted by molar-refractivity contribution is 5.49. The molecule has 1 atom stereocenters. The first kappa shape index (κ1) is 17.4. The van der Waals surface area contributed by atoms with Crippen molar-refractivity contribution in [2.45, 2.75) is 19.4 Å². The third-order valence-electron chi connectivity index (χ3n) is 4.17. The standard InChI is InChI=1S/C20H19N3O3/c1-14(22-26)16-10-12-17(13-11-16)23-19(24)18(21-20(23)25)9-5-8-15-6-3-2-4-7-15/h2-8,10-14,24H,9H2,1H3,(H,21,25). The number of H-pyrrole nitrogens is 1. The smallest absolute Gasteiger partial charge is 0.333 e. The number of nitrogens with one attached hydrogen (secondary N) is 1. The van der Waals surface area contributed by atoms with Gasteiger partial charge in [0, 0.05) is 6.42 Å². The maximum Gasteiger partial charge on any atom is 0.333 e. The summed E-state index contributed by atoms with van der Waals surface area (Å²) in [5, 5.41) is 13.4. The Morgan fingerprint density at radius 2 is 1.85 bits per heavy atom. The van der Waals surface area contributed by atoms with Crippen LogP contribution in [0.25, 0.3) is 11.8 Å². The van der Waals surface area contributed by atoms with Crippen molar-refractivity contribution in [3.05, 3.63) is 92.9 Å². The average molecular weight is 349 g/mol. The second kappa shape index (κ2) is 7.65. The lowest BCUT2D eigenvalue weighted by atomic mass is 10.1. The number of nitroso groups, excluding NO2 is 1. The minimum absolute atomic E-state index is 0.123. The number of nitrogens with zero attached hydrogens (tertiary/aromatic N) is 2. The number of aromatic nitrogens is 2. The molecular weight excluding hydrogens is 330 g/mol. The van der Waals surface area contributed by atoms with E-state index < -0.39 is 11.7 Å². The zero-order chi connectivity index (χ0) is 18.5. The van der Waals surface area contributed by atoms with Gasteiger partial charge in [-0.3, -0.25) is 0 Å². The van der Waals surface area contributed by atoms with E-state index in [0.717, 1.165) is 11.1 Å². The number of aromatic hydroxyl groups is 1. The van der Waals surface area contributed by atoms with E-state index in [9.17, 15) is 14.8 Å². The van der Waals surface area contributed by atoms with E-state index in [4.69, 9.17) is 0 Å². The van der Waals surface area contributed by atoms with E-state index in [1.54, 1.807) is 31.2 Å². The van der Waals surface area contributed by atoms with Crippen LogP contribution in [0.1, 0.15) is 29.8 Å². The van der Waals surface area contributed by atoms with Gasteiger partial charge in [0.1, 0.15) is 6.04 Å². The van der Waals surface area contributed by atoms with Crippen LogP contribution in [0.15, 0.2) is 70.6 Å². The molecule has 6 heteroatoms. The van der Waals surface area contributed by atoms with Crippen molar-refractivity contribution in [2.75, 3.05) is 0 Å². The van der Waals surface area contributed by atoms with Gasteiger partial charge in [-0.25, -0.2) is 9.36 Å². The van der Waals surface area contributed by atoms with Gasteiger partial charge in [-0.1, -0.05) is 59.8 Å². The molecule has 1 unspecified atom stereocenters. The molecule has 3 aromatic rings. The van der Waals surface area contributed by atoms with Crippen molar-refractivity contribution >= 4 is 6.08 Å². The van der Waals surface area contributed by atoms with Gasteiger partial charge < -0.3 is 10.1 Å². The summed E-state index contributed by atoms with van der Waals surface area (Å²) in [5.74, 6) is -0.123. The Balaban J connectivity index is 1.83. The lowest BCUT2D eigenvalue weighted by Gasteiger charge is -2.06. The molecule has 0 aliphatic rings. The highest BCUT2D eigenvalue weighted by Gasteiger charge is 2.14. The van der Waals surface area contributed by atoms with E-state index >= 15 is 0 Å². The Hall–Kier alpha value is -3.41. The second-order valence-electron chi connectivity index (χ2n) is 5.96. The number of aromatic amines is 1. The molecule has 26 heavy (non-hydrogen) atoms. The zero-order valence-electron chi connectivity index (χ0n) is 14.3.